The smallest absolute Gasteiger partial charge is 0.194 e. The van der Waals surface area contributed by atoms with Crippen LogP contribution in [0.1, 0.15) is 41.0 Å². The van der Waals surface area contributed by atoms with Crippen LogP contribution in [-0.2, 0) is 4.43 Å². The van der Waals surface area contributed by atoms with E-state index in [-0.39, 0.29) is 0 Å². The van der Waals surface area contributed by atoms with E-state index in [0.717, 1.165) is 11.5 Å². The predicted molar refractivity (Wildman–Crippen MR) is 62.6 cm³/mol. The summed E-state index contributed by atoms with van der Waals surface area (Å²) in [6, 6.07) is 2.52. The molecule has 0 bridgehead atoms. The minimum atomic E-state index is -1.38. The van der Waals surface area contributed by atoms with Crippen LogP contribution in [0.15, 0.2) is 0 Å². The van der Waals surface area contributed by atoms with Crippen LogP contribution in [-0.4, -0.2) is 15.4 Å². The van der Waals surface area contributed by atoms with Gasteiger partial charge in [-0.1, -0.05) is 34.6 Å². The lowest BCUT2D eigenvalue weighted by Crippen LogP contribution is -2.40. The van der Waals surface area contributed by atoms with E-state index in [1.54, 1.807) is 0 Å². The van der Waals surface area contributed by atoms with Crippen molar-refractivity contribution in [1.29, 1.82) is 0 Å². The van der Waals surface area contributed by atoms with Gasteiger partial charge in [0.1, 0.15) is 0 Å². The first-order chi connectivity index (χ1) is 6.02. The van der Waals surface area contributed by atoms with Crippen LogP contribution in [0.5, 0.6) is 0 Å². The van der Waals surface area contributed by atoms with Crippen LogP contribution >= 0.6 is 0 Å². The van der Waals surface area contributed by atoms with Crippen LogP contribution in [0.2, 0.25) is 17.6 Å². The lowest BCUT2D eigenvalue weighted by molar-refractivity contribution is 0.369. The fourth-order valence-electron chi connectivity index (χ4n) is 2.36. The summed E-state index contributed by atoms with van der Waals surface area (Å²) in [6.45, 7) is 11.6. The Labute approximate surface area is 85.0 Å². The van der Waals surface area contributed by atoms with E-state index in [9.17, 15) is 0 Å². The summed E-state index contributed by atoms with van der Waals surface area (Å²) in [4.78, 5) is 0. The molecule has 1 atom stereocenters. The summed E-state index contributed by atoms with van der Waals surface area (Å²) in [7, 11) is 0.529. The average molecular weight is 202 g/mol. The summed E-state index contributed by atoms with van der Waals surface area (Å²) in [5.41, 5.74) is 0.799. The molecule has 0 saturated heterocycles. The lowest BCUT2D eigenvalue weighted by atomic mass is 10.1. The van der Waals surface area contributed by atoms with Gasteiger partial charge in [-0.15, -0.1) is 0 Å². The Morgan fingerprint density at radius 1 is 1.08 bits per heavy atom. The molecule has 0 N–H and O–H groups in total. The molecule has 0 heterocycles. The Balaban J connectivity index is 4.34. The third-order valence-electron chi connectivity index (χ3n) is 3.33. The monoisotopic (exact) mass is 202 g/mol. The van der Waals surface area contributed by atoms with Crippen molar-refractivity contribution in [1.82, 2.24) is 0 Å². The second-order valence-corrected chi connectivity index (χ2v) is 9.44. The van der Waals surface area contributed by atoms with Crippen molar-refractivity contribution in [2.24, 2.45) is 5.92 Å². The molecule has 0 radical (unpaired) electrons. The minimum Gasteiger partial charge on any atom is -0.420 e. The average Bonchev–Trinajstić information content (AvgIpc) is 2.07. The van der Waals surface area contributed by atoms with Gasteiger partial charge < -0.3 is 4.43 Å². The van der Waals surface area contributed by atoms with Gasteiger partial charge in [-0.05, 0) is 30.0 Å². The highest BCUT2D eigenvalue weighted by Crippen LogP contribution is 2.34. The molecular formula is C11H26OSi. The van der Waals surface area contributed by atoms with Gasteiger partial charge in [0.2, 0.25) is 0 Å². The molecule has 0 rings (SSSR count). The normalized spacial score (nSPS) is 15.0. The molecule has 80 valence electrons. The molecular weight excluding hydrogens is 176 g/mol. The maximum Gasteiger partial charge on any atom is 0.194 e. The molecule has 13 heavy (non-hydrogen) atoms. The van der Waals surface area contributed by atoms with Gasteiger partial charge >= 0.3 is 0 Å². The summed E-state index contributed by atoms with van der Waals surface area (Å²) in [6.07, 6.45) is 1.32. The molecule has 0 aliphatic heterocycles. The fraction of sp³-hybridized carbons (Fsp3) is 1.00. The zero-order chi connectivity index (χ0) is 10.5. The summed E-state index contributed by atoms with van der Waals surface area (Å²) in [5, 5.41) is 0. The highest BCUT2D eigenvalue weighted by Gasteiger charge is 2.36. The van der Waals surface area contributed by atoms with Gasteiger partial charge in [0.15, 0.2) is 8.32 Å². The first-order valence-corrected chi connectivity index (χ1v) is 7.97. The molecule has 2 heteroatoms. The summed E-state index contributed by atoms with van der Waals surface area (Å²) in [5.74, 6) is 0.801. The molecule has 0 spiro atoms. The van der Waals surface area contributed by atoms with Gasteiger partial charge in [0.25, 0.3) is 0 Å². The van der Waals surface area contributed by atoms with Crippen molar-refractivity contribution in [3.63, 3.8) is 0 Å². The van der Waals surface area contributed by atoms with Crippen molar-refractivity contribution < 1.29 is 4.43 Å². The minimum absolute atomic E-state index is 0.799. The molecule has 1 nitrogen and oxygen atoms in total. The van der Waals surface area contributed by atoms with E-state index in [1.807, 2.05) is 7.11 Å². The highest BCUT2D eigenvalue weighted by atomic mass is 28.4. The molecule has 0 aromatic heterocycles. The largest absolute Gasteiger partial charge is 0.420 e. The maximum absolute atomic E-state index is 5.84. The third-order valence-corrected chi connectivity index (χ3v) is 8.57. The number of rotatable bonds is 6. The van der Waals surface area contributed by atoms with Gasteiger partial charge in [0, 0.05) is 7.11 Å². The summed E-state index contributed by atoms with van der Waals surface area (Å²) < 4.78 is 5.84. The van der Waals surface area contributed by atoms with Crippen molar-refractivity contribution in [2.75, 3.05) is 7.11 Å². The van der Waals surface area contributed by atoms with E-state index in [2.05, 4.69) is 34.6 Å². The quantitative estimate of drug-likeness (QED) is 0.590. The van der Waals surface area contributed by atoms with Crippen LogP contribution in [0, 0.1) is 5.92 Å². The van der Waals surface area contributed by atoms with Gasteiger partial charge in [-0.3, -0.25) is 0 Å². The number of hydrogen-bond acceptors (Lipinski definition) is 1. The van der Waals surface area contributed by atoms with E-state index in [1.165, 1.54) is 18.5 Å². The Kier molecular flexibility index (Phi) is 5.89. The second-order valence-electron chi connectivity index (χ2n) is 4.51. The Morgan fingerprint density at radius 3 is 1.77 bits per heavy atom. The van der Waals surface area contributed by atoms with Gasteiger partial charge in [0.05, 0.1) is 0 Å². The van der Waals surface area contributed by atoms with Gasteiger partial charge in [-0.2, -0.15) is 0 Å². The van der Waals surface area contributed by atoms with E-state index in [4.69, 9.17) is 4.43 Å². The molecule has 0 aliphatic rings. The van der Waals surface area contributed by atoms with Crippen LogP contribution in [0.4, 0.5) is 0 Å². The Bertz CT molecular complexity index is 122. The molecule has 0 aromatic carbocycles. The molecule has 0 aliphatic carbocycles. The van der Waals surface area contributed by atoms with Crippen molar-refractivity contribution >= 4 is 8.32 Å². The first kappa shape index (κ1) is 13.2. The second kappa shape index (κ2) is 5.81. The fourth-order valence-corrected chi connectivity index (χ4v) is 6.13. The highest BCUT2D eigenvalue weighted by molar-refractivity contribution is 6.75. The first-order valence-electron chi connectivity index (χ1n) is 5.57. The molecule has 0 fully saturated rings. The van der Waals surface area contributed by atoms with Crippen molar-refractivity contribution in [3.8, 4) is 0 Å². The van der Waals surface area contributed by atoms with E-state index in [0.29, 0.717) is 0 Å². The van der Waals surface area contributed by atoms with Crippen molar-refractivity contribution in [2.45, 2.75) is 58.7 Å². The van der Waals surface area contributed by atoms with Crippen LogP contribution in [0.25, 0.3) is 0 Å². The molecule has 1 unspecified atom stereocenters. The van der Waals surface area contributed by atoms with E-state index >= 15 is 0 Å². The maximum atomic E-state index is 5.84. The SMILES string of the molecule is CC[Si](CC)(OC)C(C)CC(C)C. The van der Waals surface area contributed by atoms with Gasteiger partial charge in [-0.25, -0.2) is 0 Å². The van der Waals surface area contributed by atoms with Crippen molar-refractivity contribution in [3.05, 3.63) is 0 Å². The molecule has 0 saturated carbocycles. The lowest BCUT2D eigenvalue weighted by Gasteiger charge is -2.34. The number of hydrogen-bond donors (Lipinski definition) is 0. The predicted octanol–water partition coefficient (Wildman–Crippen LogP) is 4.05. The molecule has 0 amide bonds. The standard InChI is InChI=1S/C11H26OSi/c1-7-13(8-2,12-6)11(5)9-10(3)4/h10-11H,7-9H2,1-6H3. The third kappa shape index (κ3) is 3.43. The van der Waals surface area contributed by atoms with Crippen LogP contribution < -0.4 is 0 Å². The topological polar surface area (TPSA) is 9.23 Å². The molecule has 0 aromatic rings. The summed E-state index contributed by atoms with van der Waals surface area (Å²) >= 11 is 0. The van der Waals surface area contributed by atoms with Crippen LogP contribution in [0.3, 0.4) is 0 Å². The Morgan fingerprint density at radius 2 is 1.54 bits per heavy atom. The Hall–Kier alpha value is 0.177. The zero-order valence-corrected chi connectivity index (χ0v) is 11.2. The van der Waals surface area contributed by atoms with E-state index < -0.39 is 8.32 Å². The zero-order valence-electron chi connectivity index (χ0n) is 10.2.